The second-order valence-electron chi connectivity index (χ2n) is 7.06. The van der Waals surface area contributed by atoms with Crippen LogP contribution in [0.2, 0.25) is 0 Å². The maximum Gasteiger partial charge on any atom is 0.326 e. The topological polar surface area (TPSA) is 99.5 Å². The first-order valence-corrected chi connectivity index (χ1v) is 8.54. The predicted molar refractivity (Wildman–Crippen MR) is 93.7 cm³/mol. The molecule has 1 fully saturated rings. The molecule has 7 heteroatoms. The average Bonchev–Trinajstić information content (AvgIpc) is 2.82. The lowest BCUT2D eigenvalue weighted by Gasteiger charge is -2.22. The molecule has 1 atom stereocenters. The van der Waals surface area contributed by atoms with Crippen molar-refractivity contribution in [1.82, 2.24) is 10.2 Å². The Morgan fingerprint density at radius 1 is 1.31 bits per heavy atom. The van der Waals surface area contributed by atoms with Crippen LogP contribution in [-0.4, -0.2) is 34.9 Å². The number of nitrogens with one attached hydrogen (secondary N) is 1. The molecule has 1 aliphatic rings. The van der Waals surface area contributed by atoms with Crippen LogP contribution < -0.4 is 5.32 Å². The lowest BCUT2D eigenvalue weighted by molar-refractivity contribution is -0.148. The molecule has 3 amide bonds. The Hall–Kier alpha value is -2.88. The van der Waals surface area contributed by atoms with Crippen molar-refractivity contribution in [2.24, 2.45) is 5.92 Å². The molecule has 26 heavy (non-hydrogen) atoms. The number of imide groups is 1. The van der Waals surface area contributed by atoms with Crippen LogP contribution in [0, 0.1) is 17.2 Å². The van der Waals surface area contributed by atoms with E-state index in [9.17, 15) is 14.4 Å². The Morgan fingerprint density at radius 2 is 1.96 bits per heavy atom. The van der Waals surface area contributed by atoms with Gasteiger partial charge in [-0.3, -0.25) is 14.5 Å². The molecule has 0 radical (unpaired) electrons. The van der Waals surface area contributed by atoms with E-state index in [1.807, 2.05) is 19.9 Å². The van der Waals surface area contributed by atoms with E-state index in [0.717, 1.165) is 16.9 Å². The lowest BCUT2D eigenvalue weighted by Crippen LogP contribution is -2.44. The molecule has 1 N–H and O–H groups in total. The molecule has 7 nitrogen and oxygen atoms in total. The summed E-state index contributed by atoms with van der Waals surface area (Å²) in [6.07, 6.45) is 1.31. The Bertz CT molecular complexity index is 736. The summed E-state index contributed by atoms with van der Waals surface area (Å²) in [4.78, 5) is 37.5. The zero-order valence-corrected chi connectivity index (χ0v) is 15.2. The molecule has 0 saturated carbocycles. The third-order valence-corrected chi connectivity index (χ3v) is 4.34. The monoisotopic (exact) mass is 357 g/mol. The van der Waals surface area contributed by atoms with Gasteiger partial charge in [-0.25, -0.2) is 4.79 Å². The second-order valence-corrected chi connectivity index (χ2v) is 7.06. The first-order chi connectivity index (χ1) is 12.2. The van der Waals surface area contributed by atoms with E-state index >= 15 is 0 Å². The van der Waals surface area contributed by atoms with Crippen molar-refractivity contribution in [3.05, 3.63) is 35.4 Å². The molecule has 138 valence electrons. The summed E-state index contributed by atoms with van der Waals surface area (Å²) in [6, 6.07) is 8.05. The highest BCUT2D eigenvalue weighted by atomic mass is 16.5. The minimum atomic E-state index is -0.977. The summed E-state index contributed by atoms with van der Waals surface area (Å²) in [5, 5.41) is 11.4. The van der Waals surface area contributed by atoms with Crippen LogP contribution >= 0.6 is 0 Å². The first kappa shape index (κ1) is 19.4. The Kier molecular flexibility index (Phi) is 5.98. The maximum absolute atomic E-state index is 12.5. The predicted octanol–water partition coefficient (Wildman–Crippen LogP) is 2.35. The summed E-state index contributed by atoms with van der Waals surface area (Å²) in [6.45, 7) is 5.36. The molecule has 0 aromatic heterocycles. The van der Waals surface area contributed by atoms with E-state index in [-0.39, 0.29) is 6.61 Å². The highest BCUT2D eigenvalue weighted by Gasteiger charge is 2.48. The normalized spacial score (nSPS) is 19.4. The van der Waals surface area contributed by atoms with E-state index in [2.05, 4.69) is 5.32 Å². The minimum Gasteiger partial charge on any atom is -0.459 e. The molecule has 0 unspecified atom stereocenters. The van der Waals surface area contributed by atoms with Crippen molar-refractivity contribution in [2.45, 2.75) is 45.8 Å². The SMILES string of the molecule is CC(C)CC[C@@]1(C)NC(=O)N(CC(=O)OCc2ccc(C#N)cc2)C1=O. The van der Waals surface area contributed by atoms with E-state index in [1.54, 1.807) is 31.2 Å². The van der Waals surface area contributed by atoms with Gasteiger partial charge in [0.15, 0.2) is 0 Å². The van der Waals surface area contributed by atoms with E-state index in [0.29, 0.717) is 17.9 Å². The Labute approximate surface area is 152 Å². The fourth-order valence-electron chi connectivity index (χ4n) is 2.65. The molecule has 0 spiro atoms. The van der Waals surface area contributed by atoms with Crippen molar-refractivity contribution >= 4 is 17.9 Å². The molecule has 1 saturated heterocycles. The van der Waals surface area contributed by atoms with Gasteiger partial charge in [0, 0.05) is 0 Å². The Morgan fingerprint density at radius 3 is 2.54 bits per heavy atom. The number of urea groups is 1. The van der Waals surface area contributed by atoms with Gasteiger partial charge >= 0.3 is 12.0 Å². The van der Waals surface area contributed by atoms with E-state index in [4.69, 9.17) is 10.00 Å². The van der Waals surface area contributed by atoms with Gasteiger partial charge in [-0.15, -0.1) is 0 Å². The molecule has 1 aromatic rings. The van der Waals surface area contributed by atoms with Crippen LogP contribution in [-0.2, 0) is 20.9 Å². The zero-order valence-electron chi connectivity index (χ0n) is 15.2. The lowest BCUT2D eigenvalue weighted by atomic mass is 9.92. The molecule has 2 rings (SSSR count). The number of hydrogen-bond donors (Lipinski definition) is 1. The standard InChI is InChI=1S/C19H23N3O4/c1-13(2)8-9-19(3)17(24)22(18(25)21-19)11-16(23)26-12-15-6-4-14(10-20)5-7-15/h4-7,13H,8-9,11-12H2,1-3H3,(H,21,25)/t19-/m1/s1. The number of amides is 3. The summed E-state index contributed by atoms with van der Waals surface area (Å²) >= 11 is 0. The van der Waals surface area contributed by atoms with Gasteiger partial charge in [0.1, 0.15) is 18.7 Å². The minimum absolute atomic E-state index is 0.0127. The van der Waals surface area contributed by atoms with Gasteiger partial charge < -0.3 is 10.1 Å². The van der Waals surface area contributed by atoms with E-state index in [1.165, 1.54) is 0 Å². The molecule has 1 aromatic carbocycles. The number of nitriles is 1. The van der Waals surface area contributed by atoms with Crippen LogP contribution in [0.15, 0.2) is 24.3 Å². The first-order valence-electron chi connectivity index (χ1n) is 8.54. The maximum atomic E-state index is 12.5. The number of esters is 1. The third kappa shape index (κ3) is 4.60. The second kappa shape index (κ2) is 8.00. The van der Waals surface area contributed by atoms with Gasteiger partial charge in [0.2, 0.25) is 0 Å². The summed E-state index contributed by atoms with van der Waals surface area (Å²) in [5.74, 6) is -0.660. The van der Waals surface area contributed by atoms with Crippen LogP contribution in [0.4, 0.5) is 4.79 Å². The number of carbonyl (C=O) groups is 3. The fourth-order valence-corrected chi connectivity index (χ4v) is 2.65. The summed E-state index contributed by atoms with van der Waals surface area (Å²) in [7, 11) is 0. The van der Waals surface area contributed by atoms with Gasteiger partial charge in [0.05, 0.1) is 11.6 Å². The fraction of sp³-hybridized carbons (Fsp3) is 0.474. The summed E-state index contributed by atoms with van der Waals surface area (Å²) in [5.41, 5.74) is 0.255. The van der Waals surface area contributed by atoms with Gasteiger partial charge in [-0.2, -0.15) is 5.26 Å². The zero-order chi connectivity index (χ0) is 19.3. The third-order valence-electron chi connectivity index (χ3n) is 4.34. The molecule has 0 bridgehead atoms. The van der Waals surface area contributed by atoms with E-state index < -0.39 is 30.0 Å². The van der Waals surface area contributed by atoms with Crippen molar-refractivity contribution in [1.29, 1.82) is 5.26 Å². The highest BCUT2D eigenvalue weighted by Crippen LogP contribution is 2.24. The van der Waals surface area contributed by atoms with Crippen LogP contribution in [0.1, 0.15) is 44.7 Å². The van der Waals surface area contributed by atoms with Crippen LogP contribution in [0.3, 0.4) is 0 Å². The van der Waals surface area contributed by atoms with Crippen molar-refractivity contribution in [2.75, 3.05) is 6.54 Å². The number of nitrogens with zero attached hydrogens (tertiary/aromatic N) is 2. The van der Waals surface area contributed by atoms with Crippen molar-refractivity contribution in [3.8, 4) is 6.07 Å². The number of benzene rings is 1. The van der Waals surface area contributed by atoms with Gasteiger partial charge in [-0.1, -0.05) is 26.0 Å². The smallest absolute Gasteiger partial charge is 0.326 e. The number of rotatable bonds is 7. The van der Waals surface area contributed by atoms with Gasteiger partial charge in [-0.05, 0) is 43.4 Å². The average molecular weight is 357 g/mol. The highest BCUT2D eigenvalue weighted by molar-refractivity contribution is 6.08. The number of carbonyl (C=O) groups excluding carboxylic acids is 3. The summed E-state index contributed by atoms with van der Waals surface area (Å²) < 4.78 is 5.13. The molecule has 0 aliphatic carbocycles. The Balaban J connectivity index is 1.90. The molecular weight excluding hydrogens is 334 g/mol. The van der Waals surface area contributed by atoms with Crippen molar-refractivity contribution in [3.63, 3.8) is 0 Å². The molecule has 1 aliphatic heterocycles. The quantitative estimate of drug-likeness (QED) is 0.596. The van der Waals surface area contributed by atoms with Crippen LogP contribution in [0.5, 0.6) is 0 Å². The van der Waals surface area contributed by atoms with Crippen LogP contribution in [0.25, 0.3) is 0 Å². The number of hydrogen-bond acceptors (Lipinski definition) is 5. The molecule has 1 heterocycles. The van der Waals surface area contributed by atoms with Gasteiger partial charge in [0.25, 0.3) is 5.91 Å². The molecular formula is C19H23N3O4. The number of ether oxygens (including phenoxy) is 1. The largest absolute Gasteiger partial charge is 0.459 e. The van der Waals surface area contributed by atoms with Crippen molar-refractivity contribution < 1.29 is 19.1 Å².